The molecule has 1 unspecified atom stereocenters. The summed E-state index contributed by atoms with van der Waals surface area (Å²) >= 11 is 1.77. The Morgan fingerprint density at radius 1 is 1.31 bits per heavy atom. The predicted octanol–water partition coefficient (Wildman–Crippen LogP) is 2.70. The van der Waals surface area contributed by atoms with Crippen LogP contribution < -0.4 is 5.73 Å². The SMILES string of the molecule is CCC.CCCSCN(C)C(=O)C(N)CC. The molecule has 98 valence electrons. The van der Waals surface area contributed by atoms with Gasteiger partial charge in [0, 0.05) is 7.05 Å². The molecule has 0 aliphatic carbocycles. The largest absolute Gasteiger partial charge is 0.335 e. The average Bonchev–Trinajstić information content (AvgIpc) is 2.28. The molecule has 0 aliphatic heterocycles. The van der Waals surface area contributed by atoms with E-state index in [4.69, 9.17) is 5.73 Å². The first-order chi connectivity index (χ1) is 7.54. The molecular weight excluding hydrogens is 220 g/mol. The highest BCUT2D eigenvalue weighted by atomic mass is 32.2. The van der Waals surface area contributed by atoms with E-state index in [1.165, 1.54) is 6.42 Å². The van der Waals surface area contributed by atoms with E-state index in [1.807, 2.05) is 6.92 Å². The van der Waals surface area contributed by atoms with E-state index in [0.29, 0.717) is 6.42 Å². The number of nitrogens with zero attached hydrogens (tertiary/aromatic N) is 1. The Labute approximate surface area is 105 Å². The summed E-state index contributed by atoms with van der Waals surface area (Å²) in [5, 5.41) is 0. The summed E-state index contributed by atoms with van der Waals surface area (Å²) in [6.07, 6.45) is 3.11. The van der Waals surface area contributed by atoms with Crippen molar-refractivity contribution in [3.63, 3.8) is 0 Å². The van der Waals surface area contributed by atoms with Gasteiger partial charge in [-0.25, -0.2) is 0 Å². The van der Waals surface area contributed by atoms with Crippen molar-refractivity contribution in [2.24, 2.45) is 5.73 Å². The molecule has 1 amide bonds. The molecule has 0 radical (unpaired) electrons. The summed E-state index contributed by atoms with van der Waals surface area (Å²) in [5.41, 5.74) is 5.62. The number of carbonyl (C=O) groups is 1. The molecule has 16 heavy (non-hydrogen) atoms. The highest BCUT2D eigenvalue weighted by Gasteiger charge is 2.15. The number of hydrogen-bond acceptors (Lipinski definition) is 3. The molecule has 4 heteroatoms. The molecule has 0 fully saturated rings. The molecule has 0 aromatic heterocycles. The van der Waals surface area contributed by atoms with Crippen LogP contribution in [0.5, 0.6) is 0 Å². The van der Waals surface area contributed by atoms with Crippen molar-refractivity contribution in [2.75, 3.05) is 18.7 Å². The van der Waals surface area contributed by atoms with Crippen molar-refractivity contribution < 1.29 is 4.79 Å². The molecule has 0 saturated carbocycles. The van der Waals surface area contributed by atoms with Crippen molar-refractivity contribution in [1.82, 2.24) is 4.90 Å². The maximum atomic E-state index is 11.5. The lowest BCUT2D eigenvalue weighted by Crippen LogP contribution is -2.41. The monoisotopic (exact) mass is 248 g/mol. The van der Waals surface area contributed by atoms with Gasteiger partial charge >= 0.3 is 0 Å². The van der Waals surface area contributed by atoms with Crippen LogP contribution in [0.4, 0.5) is 0 Å². The van der Waals surface area contributed by atoms with Crippen molar-refractivity contribution in [2.45, 2.75) is 53.0 Å². The van der Waals surface area contributed by atoms with Crippen LogP contribution in [-0.2, 0) is 4.79 Å². The lowest BCUT2D eigenvalue weighted by molar-refractivity contribution is -0.130. The van der Waals surface area contributed by atoms with Crippen LogP contribution in [0.2, 0.25) is 0 Å². The molecule has 0 aromatic rings. The van der Waals surface area contributed by atoms with Crippen LogP contribution in [0.3, 0.4) is 0 Å². The Kier molecular flexibility index (Phi) is 14.6. The first kappa shape index (κ1) is 18.2. The van der Waals surface area contributed by atoms with Gasteiger partial charge in [0.15, 0.2) is 0 Å². The zero-order chi connectivity index (χ0) is 13.0. The van der Waals surface area contributed by atoms with Crippen LogP contribution in [0.25, 0.3) is 0 Å². The molecule has 0 saturated heterocycles. The minimum Gasteiger partial charge on any atom is -0.335 e. The first-order valence-electron chi connectivity index (χ1n) is 6.13. The molecule has 2 N–H and O–H groups in total. The third kappa shape index (κ3) is 10.3. The quantitative estimate of drug-likeness (QED) is 0.581. The second-order valence-corrected chi connectivity index (χ2v) is 4.87. The van der Waals surface area contributed by atoms with Crippen molar-refractivity contribution in [3.8, 4) is 0 Å². The maximum absolute atomic E-state index is 11.5. The second-order valence-electron chi connectivity index (χ2n) is 3.80. The Hall–Kier alpha value is -0.220. The molecule has 0 bridgehead atoms. The minimum atomic E-state index is -0.327. The molecule has 1 atom stereocenters. The average molecular weight is 248 g/mol. The van der Waals surface area contributed by atoms with Crippen LogP contribution in [0.1, 0.15) is 47.0 Å². The summed E-state index contributed by atoms with van der Waals surface area (Å²) in [6, 6.07) is -0.327. The summed E-state index contributed by atoms with van der Waals surface area (Å²) in [6.45, 7) is 8.31. The molecule has 0 aromatic carbocycles. The Morgan fingerprint density at radius 3 is 2.19 bits per heavy atom. The first-order valence-corrected chi connectivity index (χ1v) is 7.28. The van der Waals surface area contributed by atoms with Gasteiger partial charge in [-0.2, -0.15) is 0 Å². The molecule has 3 nitrogen and oxygen atoms in total. The summed E-state index contributed by atoms with van der Waals surface area (Å²) in [4.78, 5) is 13.2. The summed E-state index contributed by atoms with van der Waals surface area (Å²) < 4.78 is 0. The third-order valence-electron chi connectivity index (χ3n) is 1.77. The predicted molar refractivity (Wildman–Crippen MR) is 74.6 cm³/mol. The fourth-order valence-electron chi connectivity index (χ4n) is 0.867. The van der Waals surface area contributed by atoms with Gasteiger partial charge in [-0.3, -0.25) is 4.79 Å². The van der Waals surface area contributed by atoms with Gasteiger partial charge < -0.3 is 10.6 Å². The van der Waals surface area contributed by atoms with E-state index in [1.54, 1.807) is 23.7 Å². The van der Waals surface area contributed by atoms with Crippen LogP contribution in [-0.4, -0.2) is 35.5 Å². The Morgan fingerprint density at radius 2 is 1.81 bits per heavy atom. The maximum Gasteiger partial charge on any atom is 0.239 e. The standard InChI is InChI=1S/C9H20N2OS.C3H8/c1-4-6-13-7-11(3)9(12)8(10)5-2;1-3-2/h8H,4-7,10H2,1-3H3;3H2,1-2H3. The van der Waals surface area contributed by atoms with Gasteiger partial charge in [-0.05, 0) is 18.6 Å². The van der Waals surface area contributed by atoms with Crippen molar-refractivity contribution in [1.29, 1.82) is 0 Å². The second kappa shape index (κ2) is 12.8. The lowest BCUT2D eigenvalue weighted by Gasteiger charge is -2.19. The van der Waals surface area contributed by atoms with E-state index in [0.717, 1.165) is 18.1 Å². The summed E-state index contributed by atoms with van der Waals surface area (Å²) in [7, 11) is 1.81. The van der Waals surface area contributed by atoms with E-state index < -0.39 is 0 Å². The molecule has 0 heterocycles. The fourth-order valence-corrected chi connectivity index (χ4v) is 1.69. The van der Waals surface area contributed by atoms with Gasteiger partial charge in [-0.15, -0.1) is 11.8 Å². The molecule has 0 rings (SSSR count). The number of thioether (sulfide) groups is 1. The zero-order valence-corrected chi connectivity index (χ0v) is 12.3. The van der Waals surface area contributed by atoms with Crippen LogP contribution in [0.15, 0.2) is 0 Å². The Balaban J connectivity index is 0. The summed E-state index contributed by atoms with van der Waals surface area (Å²) in [5.74, 6) is 1.89. The number of rotatable bonds is 6. The Bertz CT molecular complexity index is 165. The highest BCUT2D eigenvalue weighted by Crippen LogP contribution is 2.05. The van der Waals surface area contributed by atoms with Crippen LogP contribution in [0, 0.1) is 0 Å². The molecule has 0 spiro atoms. The van der Waals surface area contributed by atoms with E-state index in [2.05, 4.69) is 20.8 Å². The van der Waals surface area contributed by atoms with E-state index in [-0.39, 0.29) is 11.9 Å². The number of nitrogens with two attached hydrogens (primary N) is 1. The smallest absolute Gasteiger partial charge is 0.239 e. The highest BCUT2D eigenvalue weighted by molar-refractivity contribution is 7.99. The number of carbonyl (C=O) groups excluding carboxylic acids is 1. The number of amides is 1. The van der Waals surface area contributed by atoms with Crippen molar-refractivity contribution in [3.05, 3.63) is 0 Å². The normalized spacial score (nSPS) is 11.4. The molecule has 0 aliphatic rings. The topological polar surface area (TPSA) is 46.3 Å². The van der Waals surface area contributed by atoms with E-state index in [9.17, 15) is 4.79 Å². The van der Waals surface area contributed by atoms with Gasteiger partial charge in [-0.1, -0.05) is 34.1 Å². The lowest BCUT2D eigenvalue weighted by atomic mass is 10.2. The van der Waals surface area contributed by atoms with Crippen LogP contribution >= 0.6 is 11.8 Å². The fraction of sp³-hybridized carbons (Fsp3) is 0.917. The minimum absolute atomic E-state index is 0.0473. The number of hydrogen-bond donors (Lipinski definition) is 1. The van der Waals surface area contributed by atoms with Gasteiger partial charge in [0.25, 0.3) is 0 Å². The van der Waals surface area contributed by atoms with Crippen molar-refractivity contribution >= 4 is 17.7 Å². The van der Waals surface area contributed by atoms with E-state index >= 15 is 0 Å². The van der Waals surface area contributed by atoms with Gasteiger partial charge in [0.2, 0.25) is 5.91 Å². The van der Waals surface area contributed by atoms with Gasteiger partial charge in [0.05, 0.1) is 11.9 Å². The number of likely N-dealkylation sites (N-methyl/N-ethyl adjacent to an activating group) is 1. The van der Waals surface area contributed by atoms with Gasteiger partial charge in [0.1, 0.15) is 0 Å². The zero-order valence-electron chi connectivity index (χ0n) is 11.5. The third-order valence-corrected chi connectivity index (χ3v) is 3.03. The molecular formula is C12H28N2OS.